The molecular formula is C25H27ClN2O4S. The van der Waals surface area contributed by atoms with Crippen LogP contribution in [0.1, 0.15) is 30.0 Å². The van der Waals surface area contributed by atoms with Crippen molar-refractivity contribution in [1.82, 2.24) is 0 Å². The minimum absolute atomic E-state index is 0.0681. The lowest BCUT2D eigenvalue weighted by Gasteiger charge is -2.19. The van der Waals surface area contributed by atoms with E-state index in [2.05, 4.69) is 10.0 Å². The number of benzene rings is 3. The van der Waals surface area contributed by atoms with Crippen molar-refractivity contribution in [2.24, 2.45) is 0 Å². The third kappa shape index (κ3) is 6.06. The van der Waals surface area contributed by atoms with E-state index in [0.29, 0.717) is 34.1 Å². The van der Waals surface area contributed by atoms with Crippen LogP contribution in [0.3, 0.4) is 0 Å². The van der Waals surface area contributed by atoms with E-state index in [1.54, 1.807) is 37.3 Å². The summed E-state index contributed by atoms with van der Waals surface area (Å²) in [6.07, 6.45) is -0.199. The normalized spacial score (nSPS) is 12.2. The third-order valence-electron chi connectivity index (χ3n) is 5.22. The molecule has 0 spiro atoms. The lowest BCUT2D eigenvalue weighted by Crippen LogP contribution is -2.32. The second-order valence-corrected chi connectivity index (χ2v) is 9.90. The van der Waals surface area contributed by atoms with Gasteiger partial charge in [0.2, 0.25) is 0 Å². The molecule has 0 aromatic heterocycles. The van der Waals surface area contributed by atoms with E-state index in [1.807, 2.05) is 39.0 Å². The van der Waals surface area contributed by atoms with E-state index in [4.69, 9.17) is 16.3 Å². The van der Waals surface area contributed by atoms with Gasteiger partial charge in [-0.2, -0.15) is 0 Å². The number of carbonyl (C=O) groups is 1. The molecule has 3 aromatic carbocycles. The quantitative estimate of drug-likeness (QED) is 0.417. The zero-order valence-electron chi connectivity index (χ0n) is 19.0. The standard InChI is InChI=1S/C25H27ClN2O4S/c1-5-23(32-24-15-16(2)9-10-17(24)3)25(29)27-19-11-13-20(14-12-19)33(30,31)28-22-8-6-7-21(26)18(22)4/h6-15,23,28H,5H2,1-4H3,(H,27,29)/t23-/m1/s1. The summed E-state index contributed by atoms with van der Waals surface area (Å²) in [6, 6.07) is 16.8. The van der Waals surface area contributed by atoms with E-state index < -0.39 is 16.1 Å². The molecule has 0 saturated carbocycles. The van der Waals surface area contributed by atoms with Crippen LogP contribution < -0.4 is 14.8 Å². The van der Waals surface area contributed by atoms with E-state index >= 15 is 0 Å². The third-order valence-corrected chi connectivity index (χ3v) is 7.01. The van der Waals surface area contributed by atoms with E-state index in [9.17, 15) is 13.2 Å². The Balaban J connectivity index is 1.70. The predicted molar refractivity (Wildman–Crippen MR) is 133 cm³/mol. The number of hydrogen-bond donors (Lipinski definition) is 2. The van der Waals surface area contributed by atoms with Gasteiger partial charge < -0.3 is 10.1 Å². The maximum Gasteiger partial charge on any atom is 0.265 e. The number of aryl methyl sites for hydroxylation is 2. The van der Waals surface area contributed by atoms with E-state index in [1.165, 1.54) is 12.1 Å². The summed E-state index contributed by atoms with van der Waals surface area (Å²) in [5.74, 6) is 0.363. The number of rotatable bonds is 8. The van der Waals surface area contributed by atoms with Gasteiger partial charge in [0, 0.05) is 10.7 Å². The molecule has 8 heteroatoms. The van der Waals surface area contributed by atoms with Crippen LogP contribution in [0.15, 0.2) is 65.6 Å². The van der Waals surface area contributed by atoms with Gasteiger partial charge >= 0.3 is 0 Å². The average Bonchev–Trinajstić information content (AvgIpc) is 2.77. The van der Waals surface area contributed by atoms with E-state index in [0.717, 1.165) is 11.1 Å². The van der Waals surface area contributed by atoms with Crippen molar-refractivity contribution >= 4 is 38.9 Å². The first-order chi connectivity index (χ1) is 15.6. The van der Waals surface area contributed by atoms with Gasteiger partial charge in [0.05, 0.1) is 10.6 Å². The topological polar surface area (TPSA) is 84.5 Å². The number of halogens is 1. The summed E-state index contributed by atoms with van der Waals surface area (Å²) in [5.41, 5.74) is 3.52. The molecule has 1 atom stereocenters. The van der Waals surface area contributed by atoms with Crippen molar-refractivity contribution in [3.8, 4) is 5.75 Å². The van der Waals surface area contributed by atoms with Crippen LogP contribution in [0.25, 0.3) is 0 Å². The number of carbonyl (C=O) groups excluding carboxylic acids is 1. The molecule has 3 rings (SSSR count). The Morgan fingerprint density at radius 1 is 1.03 bits per heavy atom. The monoisotopic (exact) mass is 486 g/mol. The summed E-state index contributed by atoms with van der Waals surface area (Å²) in [6.45, 7) is 7.50. The first kappa shape index (κ1) is 24.6. The van der Waals surface area contributed by atoms with Crippen LogP contribution in [0.5, 0.6) is 5.75 Å². The number of amides is 1. The zero-order chi connectivity index (χ0) is 24.2. The van der Waals surface area contributed by atoms with Crippen molar-refractivity contribution < 1.29 is 17.9 Å². The Kier molecular flexibility index (Phi) is 7.66. The van der Waals surface area contributed by atoms with Gasteiger partial charge in [-0.05, 0) is 86.3 Å². The molecule has 3 aromatic rings. The van der Waals surface area contributed by atoms with Gasteiger partial charge in [-0.1, -0.05) is 36.7 Å². The molecule has 0 unspecified atom stereocenters. The fourth-order valence-electron chi connectivity index (χ4n) is 3.17. The number of hydrogen-bond acceptors (Lipinski definition) is 4. The average molecular weight is 487 g/mol. The molecule has 0 aliphatic heterocycles. The summed E-state index contributed by atoms with van der Waals surface area (Å²) < 4.78 is 34.0. The van der Waals surface area contributed by atoms with Gasteiger partial charge in [-0.15, -0.1) is 0 Å². The highest BCUT2D eigenvalue weighted by Gasteiger charge is 2.20. The van der Waals surface area contributed by atoms with Crippen molar-refractivity contribution in [1.29, 1.82) is 0 Å². The van der Waals surface area contributed by atoms with Crippen LogP contribution in [-0.2, 0) is 14.8 Å². The molecule has 174 valence electrons. The van der Waals surface area contributed by atoms with Crippen LogP contribution >= 0.6 is 11.6 Å². The maximum absolute atomic E-state index is 12.8. The molecule has 0 fully saturated rings. The molecule has 2 N–H and O–H groups in total. The minimum Gasteiger partial charge on any atom is -0.480 e. The van der Waals surface area contributed by atoms with Gasteiger partial charge in [0.25, 0.3) is 15.9 Å². The maximum atomic E-state index is 12.8. The highest BCUT2D eigenvalue weighted by Crippen LogP contribution is 2.26. The van der Waals surface area contributed by atoms with Gasteiger partial charge in [0.1, 0.15) is 5.75 Å². The number of anilines is 2. The predicted octanol–water partition coefficient (Wildman–Crippen LogP) is 5.86. The number of ether oxygens (including phenoxy) is 1. The van der Waals surface area contributed by atoms with Crippen LogP contribution in [-0.4, -0.2) is 20.4 Å². The van der Waals surface area contributed by atoms with E-state index in [-0.39, 0.29) is 10.8 Å². The molecule has 6 nitrogen and oxygen atoms in total. The minimum atomic E-state index is -3.81. The Morgan fingerprint density at radius 3 is 2.39 bits per heavy atom. The molecule has 0 saturated heterocycles. The molecule has 0 aliphatic carbocycles. The molecular weight excluding hydrogens is 460 g/mol. The Labute approximate surface area is 200 Å². The van der Waals surface area contributed by atoms with Crippen molar-refractivity contribution in [3.63, 3.8) is 0 Å². The lowest BCUT2D eigenvalue weighted by molar-refractivity contribution is -0.122. The molecule has 1 amide bonds. The Hall–Kier alpha value is -3.03. The number of sulfonamides is 1. The summed E-state index contributed by atoms with van der Waals surface area (Å²) in [5, 5.41) is 3.27. The van der Waals surface area contributed by atoms with Crippen LogP contribution in [0, 0.1) is 20.8 Å². The first-order valence-corrected chi connectivity index (χ1v) is 12.4. The molecule has 0 radical (unpaired) electrons. The molecule has 33 heavy (non-hydrogen) atoms. The number of nitrogens with one attached hydrogen (secondary N) is 2. The summed E-state index contributed by atoms with van der Waals surface area (Å²) in [7, 11) is -3.81. The summed E-state index contributed by atoms with van der Waals surface area (Å²) in [4.78, 5) is 12.8. The molecule has 0 aliphatic rings. The SMILES string of the molecule is CC[C@@H](Oc1cc(C)ccc1C)C(=O)Nc1ccc(S(=O)(=O)Nc2cccc(Cl)c2C)cc1. The smallest absolute Gasteiger partial charge is 0.265 e. The highest BCUT2D eigenvalue weighted by molar-refractivity contribution is 7.92. The van der Waals surface area contributed by atoms with Crippen LogP contribution in [0.4, 0.5) is 11.4 Å². The van der Waals surface area contributed by atoms with Crippen molar-refractivity contribution in [2.45, 2.75) is 45.1 Å². The summed E-state index contributed by atoms with van der Waals surface area (Å²) >= 11 is 6.08. The Bertz CT molecular complexity index is 1260. The molecule has 0 bridgehead atoms. The highest BCUT2D eigenvalue weighted by atomic mass is 35.5. The van der Waals surface area contributed by atoms with Crippen molar-refractivity contribution in [3.05, 3.63) is 82.4 Å². The largest absolute Gasteiger partial charge is 0.480 e. The zero-order valence-corrected chi connectivity index (χ0v) is 20.5. The first-order valence-electron chi connectivity index (χ1n) is 10.5. The second kappa shape index (κ2) is 10.3. The fraction of sp³-hybridized carbons (Fsp3) is 0.240. The van der Waals surface area contributed by atoms with Crippen LogP contribution in [0.2, 0.25) is 5.02 Å². The van der Waals surface area contributed by atoms with Gasteiger partial charge in [0.15, 0.2) is 6.10 Å². The van der Waals surface area contributed by atoms with Gasteiger partial charge in [-0.3, -0.25) is 9.52 Å². The lowest BCUT2D eigenvalue weighted by atomic mass is 10.1. The van der Waals surface area contributed by atoms with Gasteiger partial charge in [-0.25, -0.2) is 8.42 Å². The Morgan fingerprint density at radius 2 is 1.73 bits per heavy atom. The fourth-order valence-corrected chi connectivity index (χ4v) is 4.47. The molecule has 0 heterocycles. The second-order valence-electron chi connectivity index (χ2n) is 7.82. The van der Waals surface area contributed by atoms with Crippen molar-refractivity contribution in [2.75, 3.05) is 10.0 Å².